The Morgan fingerprint density at radius 1 is 1.18 bits per heavy atom. The quantitative estimate of drug-likeness (QED) is 0.841. The minimum absolute atomic E-state index is 0.118. The van der Waals surface area contributed by atoms with Crippen LogP contribution in [0.3, 0.4) is 0 Å². The summed E-state index contributed by atoms with van der Waals surface area (Å²) in [6, 6.07) is 6.82. The van der Waals surface area contributed by atoms with E-state index >= 15 is 0 Å². The second-order valence-electron chi connectivity index (χ2n) is 5.89. The van der Waals surface area contributed by atoms with Crippen molar-refractivity contribution in [1.82, 2.24) is 4.98 Å². The lowest BCUT2D eigenvalue weighted by Crippen LogP contribution is -2.26. The van der Waals surface area contributed by atoms with E-state index < -0.39 is 0 Å². The predicted octanol–water partition coefficient (Wildman–Crippen LogP) is 4.85. The van der Waals surface area contributed by atoms with Crippen molar-refractivity contribution in [1.29, 1.82) is 0 Å². The Labute approximate surface area is 139 Å². The number of nitrogens with zero attached hydrogens (tertiary/aromatic N) is 1. The van der Waals surface area contributed by atoms with Crippen LogP contribution in [0.2, 0.25) is 10.0 Å². The predicted molar refractivity (Wildman–Crippen MR) is 92.0 cm³/mol. The summed E-state index contributed by atoms with van der Waals surface area (Å²) in [5.41, 5.74) is 1.56. The number of carbonyl (C=O) groups excluding carboxylic acids is 1. The summed E-state index contributed by atoms with van der Waals surface area (Å²) in [7, 11) is 0. The molecule has 0 atom stereocenters. The molecule has 0 unspecified atom stereocenters. The number of hydrogen-bond acceptors (Lipinski definition) is 3. The van der Waals surface area contributed by atoms with Gasteiger partial charge in [-0.15, -0.1) is 0 Å². The molecule has 2 aromatic rings. The number of anilines is 2. The third-order valence-electron chi connectivity index (χ3n) is 2.72. The third-order valence-corrected chi connectivity index (χ3v) is 3.54. The highest BCUT2D eigenvalue weighted by molar-refractivity contribution is 6.44. The van der Waals surface area contributed by atoms with Crippen molar-refractivity contribution in [2.75, 3.05) is 10.6 Å². The normalized spacial score (nSPS) is 11.1. The number of benzene rings is 1. The maximum absolute atomic E-state index is 12.3. The minimum Gasteiger partial charge on any atom is -0.379 e. The van der Waals surface area contributed by atoms with Gasteiger partial charge in [0.05, 0.1) is 27.0 Å². The molecule has 1 aromatic heterocycles. The van der Waals surface area contributed by atoms with Crippen LogP contribution in [0.1, 0.15) is 31.1 Å². The zero-order valence-electron chi connectivity index (χ0n) is 12.6. The van der Waals surface area contributed by atoms with E-state index in [0.29, 0.717) is 21.3 Å². The van der Waals surface area contributed by atoms with Crippen LogP contribution in [-0.4, -0.2) is 16.4 Å². The fourth-order valence-electron chi connectivity index (χ4n) is 1.86. The number of halogens is 2. The van der Waals surface area contributed by atoms with E-state index in [-0.39, 0.29) is 11.4 Å². The largest absolute Gasteiger partial charge is 0.379 e. The lowest BCUT2D eigenvalue weighted by atomic mass is 10.1. The van der Waals surface area contributed by atoms with Crippen LogP contribution in [0.15, 0.2) is 36.7 Å². The smallest absolute Gasteiger partial charge is 0.257 e. The van der Waals surface area contributed by atoms with Crippen molar-refractivity contribution in [2.24, 2.45) is 0 Å². The van der Waals surface area contributed by atoms with E-state index in [9.17, 15) is 4.79 Å². The van der Waals surface area contributed by atoms with Crippen molar-refractivity contribution in [2.45, 2.75) is 26.3 Å². The van der Waals surface area contributed by atoms with Gasteiger partial charge in [-0.1, -0.05) is 29.3 Å². The molecule has 1 aromatic carbocycles. The third kappa shape index (κ3) is 4.36. The first kappa shape index (κ1) is 16.6. The molecule has 1 heterocycles. The fourth-order valence-corrected chi connectivity index (χ4v) is 2.21. The van der Waals surface area contributed by atoms with Gasteiger partial charge in [-0.3, -0.25) is 9.78 Å². The SMILES string of the molecule is CC(C)(C)Nc1cncc(C(=O)Nc2cccc(Cl)c2Cl)c1. The lowest BCUT2D eigenvalue weighted by Gasteiger charge is -2.22. The highest BCUT2D eigenvalue weighted by Crippen LogP contribution is 2.29. The van der Waals surface area contributed by atoms with Gasteiger partial charge in [0.15, 0.2) is 0 Å². The topological polar surface area (TPSA) is 54.0 Å². The molecule has 1 amide bonds. The van der Waals surface area contributed by atoms with Crippen molar-refractivity contribution < 1.29 is 4.79 Å². The molecular weight excluding hydrogens is 321 g/mol. The summed E-state index contributed by atoms with van der Waals surface area (Å²) in [6.07, 6.45) is 3.18. The van der Waals surface area contributed by atoms with Crippen LogP contribution in [0, 0.1) is 0 Å². The summed E-state index contributed by atoms with van der Waals surface area (Å²) in [6.45, 7) is 6.10. The Hall–Kier alpha value is -1.78. The highest BCUT2D eigenvalue weighted by Gasteiger charge is 2.13. The van der Waals surface area contributed by atoms with Gasteiger partial charge in [0.25, 0.3) is 5.91 Å². The Bertz CT molecular complexity index is 696. The summed E-state index contributed by atoms with van der Waals surface area (Å²) in [5.74, 6) is -0.297. The average Bonchev–Trinajstić information content (AvgIpc) is 2.42. The van der Waals surface area contributed by atoms with E-state index in [1.807, 2.05) is 20.8 Å². The number of rotatable bonds is 3. The summed E-state index contributed by atoms with van der Waals surface area (Å²) >= 11 is 12.0. The number of aromatic nitrogens is 1. The van der Waals surface area contributed by atoms with Gasteiger partial charge in [-0.05, 0) is 39.0 Å². The molecule has 6 heteroatoms. The molecule has 0 aliphatic carbocycles. The second-order valence-corrected chi connectivity index (χ2v) is 6.68. The van der Waals surface area contributed by atoms with Crippen LogP contribution >= 0.6 is 23.2 Å². The second kappa shape index (κ2) is 6.55. The maximum Gasteiger partial charge on any atom is 0.257 e. The van der Waals surface area contributed by atoms with E-state index in [2.05, 4.69) is 15.6 Å². The number of nitrogens with one attached hydrogen (secondary N) is 2. The molecule has 0 saturated heterocycles. The molecule has 2 N–H and O–H groups in total. The maximum atomic E-state index is 12.3. The molecule has 0 radical (unpaired) electrons. The zero-order valence-corrected chi connectivity index (χ0v) is 14.1. The molecule has 0 spiro atoms. The van der Waals surface area contributed by atoms with Gasteiger partial charge in [0, 0.05) is 17.9 Å². The molecule has 0 fully saturated rings. The molecule has 0 aliphatic rings. The lowest BCUT2D eigenvalue weighted by molar-refractivity contribution is 0.102. The molecule has 0 bridgehead atoms. The van der Waals surface area contributed by atoms with E-state index in [1.54, 1.807) is 30.5 Å². The monoisotopic (exact) mass is 337 g/mol. The molecular formula is C16H17Cl2N3O. The van der Waals surface area contributed by atoms with E-state index in [0.717, 1.165) is 5.69 Å². The van der Waals surface area contributed by atoms with Crippen LogP contribution in [0.5, 0.6) is 0 Å². The van der Waals surface area contributed by atoms with Crippen molar-refractivity contribution in [3.05, 3.63) is 52.3 Å². The van der Waals surface area contributed by atoms with Gasteiger partial charge in [0.2, 0.25) is 0 Å². The zero-order chi connectivity index (χ0) is 16.3. The van der Waals surface area contributed by atoms with Gasteiger partial charge in [-0.2, -0.15) is 0 Å². The number of hydrogen-bond donors (Lipinski definition) is 2. The Kier molecular flexibility index (Phi) is 4.94. The first-order valence-corrected chi connectivity index (χ1v) is 7.50. The molecule has 0 aliphatic heterocycles. The highest BCUT2D eigenvalue weighted by atomic mass is 35.5. The van der Waals surface area contributed by atoms with Crippen LogP contribution in [0.25, 0.3) is 0 Å². The van der Waals surface area contributed by atoms with Gasteiger partial charge < -0.3 is 10.6 Å². The number of carbonyl (C=O) groups is 1. The van der Waals surface area contributed by atoms with E-state index in [1.165, 1.54) is 6.20 Å². The molecule has 0 saturated carbocycles. The molecule has 116 valence electrons. The van der Waals surface area contributed by atoms with Crippen LogP contribution < -0.4 is 10.6 Å². The first-order chi connectivity index (χ1) is 10.3. The minimum atomic E-state index is -0.297. The molecule has 4 nitrogen and oxygen atoms in total. The van der Waals surface area contributed by atoms with Crippen LogP contribution in [0.4, 0.5) is 11.4 Å². The van der Waals surface area contributed by atoms with Gasteiger partial charge in [-0.25, -0.2) is 0 Å². The Morgan fingerprint density at radius 2 is 1.91 bits per heavy atom. The Balaban J connectivity index is 2.19. The van der Waals surface area contributed by atoms with Gasteiger partial charge in [0.1, 0.15) is 0 Å². The summed E-state index contributed by atoms with van der Waals surface area (Å²) in [4.78, 5) is 16.4. The number of pyridine rings is 1. The Morgan fingerprint density at radius 3 is 2.59 bits per heavy atom. The summed E-state index contributed by atoms with van der Waals surface area (Å²) in [5, 5.41) is 6.71. The van der Waals surface area contributed by atoms with Crippen LogP contribution in [-0.2, 0) is 0 Å². The standard InChI is InChI=1S/C16H17Cl2N3O/c1-16(2,3)21-11-7-10(8-19-9-11)15(22)20-13-6-4-5-12(17)14(13)18/h4-9,21H,1-3H3,(H,20,22). The molecule has 2 rings (SSSR count). The summed E-state index contributed by atoms with van der Waals surface area (Å²) < 4.78 is 0. The van der Waals surface area contributed by atoms with Gasteiger partial charge >= 0.3 is 0 Å². The van der Waals surface area contributed by atoms with E-state index in [4.69, 9.17) is 23.2 Å². The fraction of sp³-hybridized carbons (Fsp3) is 0.250. The first-order valence-electron chi connectivity index (χ1n) is 6.75. The molecule has 22 heavy (non-hydrogen) atoms. The van der Waals surface area contributed by atoms with Crippen molar-refractivity contribution in [3.63, 3.8) is 0 Å². The number of amides is 1. The van der Waals surface area contributed by atoms with Crippen molar-refractivity contribution >= 4 is 40.5 Å². The average molecular weight is 338 g/mol. The van der Waals surface area contributed by atoms with Crippen molar-refractivity contribution in [3.8, 4) is 0 Å².